The van der Waals surface area contributed by atoms with E-state index >= 15 is 0 Å². The number of carbonyl (C=O) groups excluding carboxylic acids is 2. The Bertz CT molecular complexity index is 1190. The van der Waals surface area contributed by atoms with Crippen molar-refractivity contribution in [2.75, 3.05) is 0 Å². The van der Waals surface area contributed by atoms with Gasteiger partial charge in [0.25, 0.3) is 11.8 Å². The molecule has 1 aliphatic heterocycles. The Morgan fingerprint density at radius 1 is 0.733 bits per heavy atom. The average Bonchev–Trinajstić information content (AvgIpc) is 3.85. The molecule has 4 atom stereocenters. The maximum Gasteiger partial charge on any atom is 1.00 e. The molecule has 225 valence electrons. The molecule has 2 aromatic carbocycles. The van der Waals surface area contributed by atoms with Crippen molar-refractivity contribution < 1.29 is 99.5 Å². The zero-order valence-corrected chi connectivity index (χ0v) is 27.9. The predicted molar refractivity (Wildman–Crippen MR) is 143 cm³/mol. The maximum absolute atomic E-state index is 12.0. The fourth-order valence-electron chi connectivity index (χ4n) is 3.66. The summed E-state index contributed by atoms with van der Waals surface area (Å²) < 4.78 is 45.0. The van der Waals surface area contributed by atoms with Crippen molar-refractivity contribution in [2.24, 2.45) is 0 Å². The number of nitrogens with zero attached hydrogens (tertiary/aromatic N) is 1. The van der Waals surface area contributed by atoms with E-state index in [1.165, 1.54) is 5.06 Å². The summed E-state index contributed by atoms with van der Waals surface area (Å²) in [4.78, 5) is 29.2. The molecule has 2 N–H and O–H groups in total. The SMILES string of the molecule is O=C(NC1C=CC(O)C1)c1ccccc1.O=C(c1ccccc1)N1OC2C=CC1C2.[B].[C-]#[O+].[C-]#[O+].[C-]#[O+].[C-]#[O+].[C-]#[O+].[C-]#[O+].[H-].[Mo].[Na+]. The number of hydrogen-bond donors (Lipinski definition) is 2. The van der Waals surface area contributed by atoms with Gasteiger partial charge < -0.3 is 11.8 Å². The minimum absolute atomic E-state index is 0. The third-order valence-electron chi connectivity index (χ3n) is 5.21. The van der Waals surface area contributed by atoms with Crippen molar-refractivity contribution in [1.29, 1.82) is 0 Å². The number of hydrogen-bond acceptors (Lipinski definition) is 4. The molecular weight excluding hydrogens is 678 g/mol. The zero-order valence-electron chi connectivity index (χ0n) is 24.9. The fraction of sp³-hybridized carbons (Fsp3) is 0.200. The monoisotopic (exact) mass is 705 g/mol. The van der Waals surface area contributed by atoms with E-state index in [0.29, 0.717) is 17.5 Å². The first-order valence-corrected chi connectivity index (χ1v) is 11.3. The molecule has 5 rings (SSSR count). The Labute approximate surface area is 301 Å². The van der Waals surface area contributed by atoms with E-state index in [9.17, 15) is 14.7 Å². The van der Waals surface area contributed by atoms with E-state index in [2.05, 4.69) is 45.2 Å². The second kappa shape index (κ2) is 37.2. The summed E-state index contributed by atoms with van der Waals surface area (Å²) in [6, 6.07) is 18.4. The van der Waals surface area contributed by atoms with Crippen LogP contribution >= 0.6 is 0 Å². The van der Waals surface area contributed by atoms with Crippen molar-refractivity contribution in [2.45, 2.75) is 37.1 Å². The van der Waals surface area contributed by atoms with Crippen molar-refractivity contribution in [3.8, 4) is 0 Å². The van der Waals surface area contributed by atoms with Crippen molar-refractivity contribution in [1.82, 2.24) is 10.4 Å². The van der Waals surface area contributed by atoms with Gasteiger partial charge in [-0.25, -0.2) is 5.06 Å². The van der Waals surface area contributed by atoms with Gasteiger partial charge in [-0.05, 0) is 24.3 Å². The summed E-state index contributed by atoms with van der Waals surface area (Å²) in [5.74, 6) is -0.146. The zero-order chi connectivity index (χ0) is 32.9. The standard InChI is InChI=1S/C12H11NO2.C12H13NO2.6CO.B.Mo.Na.H/c14-12(9-4-2-1-3-5-9)13-10-6-7-11(8-10)15-13;14-11-7-6-10(8-11)13-12(15)9-4-2-1-3-5-9;6*1-2;;;;/h1-7,10-11H,8H2;1-7,10-11,14H,8H2,(H,13,15);;;;;;;;;;/q;;;;;;;;;;+1;-1. The Balaban J connectivity index is -0.0000000937. The average molecular weight is 703 g/mol. The second-order valence-corrected chi connectivity index (χ2v) is 7.46. The van der Waals surface area contributed by atoms with Gasteiger partial charge >= 0.3 is 97.4 Å². The van der Waals surface area contributed by atoms with Gasteiger partial charge in [-0.3, -0.25) is 14.4 Å². The van der Waals surface area contributed by atoms with E-state index in [-0.39, 0.29) is 90.5 Å². The molecule has 15 heteroatoms. The third-order valence-corrected chi connectivity index (χ3v) is 5.21. The molecule has 1 saturated heterocycles. The van der Waals surface area contributed by atoms with Crippen LogP contribution in [0.25, 0.3) is 0 Å². The minimum Gasteiger partial charge on any atom is -1.00 e. The minimum atomic E-state index is -0.425. The van der Waals surface area contributed by atoms with Gasteiger partial charge in [0.15, 0.2) is 0 Å². The van der Waals surface area contributed by atoms with E-state index in [4.69, 9.17) is 32.8 Å². The summed E-state index contributed by atoms with van der Waals surface area (Å²) in [5, 5.41) is 13.6. The number of aliphatic hydroxyl groups excluding tert-OH is 1. The van der Waals surface area contributed by atoms with Crippen molar-refractivity contribution in [3.63, 3.8) is 0 Å². The number of fused-ring (bicyclic) bond motifs is 2. The smallest absolute Gasteiger partial charge is 1.00 e. The van der Waals surface area contributed by atoms with Crippen LogP contribution in [0.5, 0.6) is 0 Å². The third kappa shape index (κ3) is 20.6. The van der Waals surface area contributed by atoms with E-state index in [0.717, 1.165) is 6.42 Å². The van der Waals surface area contributed by atoms with Crippen LogP contribution in [0.2, 0.25) is 0 Å². The largest absolute Gasteiger partial charge is 1.00 e. The van der Waals surface area contributed by atoms with Crippen molar-refractivity contribution in [3.05, 3.63) is 136 Å². The molecule has 3 radical (unpaired) electrons. The molecule has 2 amide bonds. The number of nitrogens with one attached hydrogen (secondary N) is 1. The van der Waals surface area contributed by atoms with Crippen LogP contribution in [-0.2, 0) is 53.8 Å². The van der Waals surface area contributed by atoms with E-state index < -0.39 is 6.10 Å². The first kappa shape index (κ1) is 54.5. The topological polar surface area (TPSA) is 198 Å². The van der Waals surface area contributed by atoms with Gasteiger partial charge in [-0.2, -0.15) is 0 Å². The fourth-order valence-corrected chi connectivity index (χ4v) is 3.66. The molecule has 4 unspecified atom stereocenters. The summed E-state index contributed by atoms with van der Waals surface area (Å²) >= 11 is 0. The van der Waals surface area contributed by atoms with Crippen LogP contribution in [-0.4, -0.2) is 54.7 Å². The molecule has 2 aromatic rings. The van der Waals surface area contributed by atoms with Gasteiger partial charge in [0.05, 0.1) is 18.2 Å². The molecule has 1 heterocycles. The van der Waals surface area contributed by atoms with Gasteiger partial charge in [-0.15, -0.1) is 0 Å². The Hall–Kier alpha value is -3.03. The number of aliphatic hydroxyl groups is 1. The number of hydroxylamine groups is 2. The maximum atomic E-state index is 12.0. The molecule has 2 bridgehead atoms. The predicted octanol–water partition coefficient (Wildman–Crippen LogP) is -0.615. The van der Waals surface area contributed by atoms with E-state index in [1.54, 1.807) is 30.3 Å². The molecule has 45 heavy (non-hydrogen) atoms. The van der Waals surface area contributed by atoms with Crippen LogP contribution < -0.4 is 34.9 Å². The van der Waals surface area contributed by atoms with Gasteiger partial charge in [-0.1, -0.05) is 60.7 Å². The molecule has 0 aromatic heterocycles. The van der Waals surface area contributed by atoms with Crippen LogP contribution in [0.1, 0.15) is 35.0 Å². The molecular formula is C30H25BMoN2NaO10. The second-order valence-electron chi connectivity index (χ2n) is 7.46. The number of amides is 2. The first-order chi connectivity index (χ1) is 20.6. The van der Waals surface area contributed by atoms with Crippen LogP contribution in [0.3, 0.4) is 0 Å². The number of rotatable bonds is 3. The molecule has 1 fully saturated rings. The molecule has 2 aliphatic carbocycles. The Morgan fingerprint density at radius 2 is 1.18 bits per heavy atom. The molecule has 3 aliphatic rings. The molecule has 12 nitrogen and oxygen atoms in total. The van der Waals surface area contributed by atoms with Gasteiger partial charge in [0.2, 0.25) is 0 Å². The number of benzene rings is 2. The van der Waals surface area contributed by atoms with Crippen LogP contribution in [0.15, 0.2) is 85.0 Å². The Morgan fingerprint density at radius 3 is 1.53 bits per heavy atom. The van der Waals surface area contributed by atoms with Gasteiger partial charge in [0.1, 0.15) is 6.10 Å². The van der Waals surface area contributed by atoms with Crippen LogP contribution in [0.4, 0.5) is 0 Å². The summed E-state index contributed by atoms with van der Waals surface area (Å²) in [6.07, 6.45) is 8.72. The molecule has 0 spiro atoms. The quantitative estimate of drug-likeness (QED) is 0.186. The Kier molecular flexibility index (Phi) is 45.0. The number of carbonyl (C=O) groups is 2. The van der Waals surface area contributed by atoms with Gasteiger partial charge in [0, 0.05) is 53.4 Å². The van der Waals surface area contributed by atoms with E-state index in [1.807, 2.05) is 54.6 Å². The molecule has 0 saturated carbocycles. The first-order valence-electron chi connectivity index (χ1n) is 11.3. The normalized spacial score (nSPS) is 17.4. The van der Waals surface area contributed by atoms with Crippen LogP contribution in [0, 0.1) is 39.9 Å². The summed E-state index contributed by atoms with van der Waals surface area (Å²) in [7, 11) is 0. The summed E-state index contributed by atoms with van der Waals surface area (Å²) in [6.45, 7) is 27.0. The van der Waals surface area contributed by atoms with Crippen molar-refractivity contribution >= 4 is 20.2 Å². The summed E-state index contributed by atoms with van der Waals surface area (Å²) in [5.41, 5.74) is 1.32.